The average molecular weight is 433 g/mol. The summed E-state index contributed by atoms with van der Waals surface area (Å²) in [5, 5.41) is 4.38. The van der Waals surface area contributed by atoms with Crippen LogP contribution in [0.15, 0.2) is 55.0 Å². The lowest BCUT2D eigenvalue weighted by atomic mass is 10.2. The summed E-state index contributed by atoms with van der Waals surface area (Å²) in [5.74, 6) is 0.735. The number of anilines is 2. The first-order valence-electron chi connectivity index (χ1n) is 10.1. The SMILES string of the molecule is Cc1cn2c(C3=CNNC3)cnc2c(Nc2cc(CN(C)Cc3ccccc3)ns2)n1. The minimum absolute atomic E-state index is 0.735. The zero-order valence-corrected chi connectivity index (χ0v) is 18.3. The Balaban J connectivity index is 1.33. The molecule has 0 aliphatic carbocycles. The van der Waals surface area contributed by atoms with Gasteiger partial charge in [0, 0.05) is 37.6 Å². The summed E-state index contributed by atoms with van der Waals surface area (Å²) in [4.78, 5) is 11.6. The molecule has 0 saturated carbocycles. The molecule has 0 unspecified atom stereocenters. The monoisotopic (exact) mass is 432 g/mol. The van der Waals surface area contributed by atoms with Gasteiger partial charge in [-0.05, 0) is 37.1 Å². The molecule has 4 aromatic rings. The van der Waals surface area contributed by atoms with Crippen LogP contribution in [0.3, 0.4) is 0 Å². The first kappa shape index (κ1) is 19.7. The van der Waals surface area contributed by atoms with Crippen molar-refractivity contribution >= 4 is 33.6 Å². The molecule has 0 radical (unpaired) electrons. The lowest BCUT2D eigenvalue weighted by Crippen LogP contribution is -2.20. The van der Waals surface area contributed by atoms with Crippen LogP contribution in [0.2, 0.25) is 0 Å². The number of nitrogens with one attached hydrogen (secondary N) is 3. The third kappa shape index (κ3) is 4.29. The van der Waals surface area contributed by atoms with Gasteiger partial charge < -0.3 is 10.7 Å². The minimum atomic E-state index is 0.735. The molecule has 0 bridgehead atoms. The van der Waals surface area contributed by atoms with Gasteiger partial charge in [-0.15, -0.1) is 0 Å². The highest BCUT2D eigenvalue weighted by atomic mass is 32.1. The Morgan fingerprint density at radius 1 is 1.23 bits per heavy atom. The van der Waals surface area contributed by atoms with E-state index in [1.165, 1.54) is 17.1 Å². The highest BCUT2D eigenvalue weighted by Crippen LogP contribution is 2.26. The Labute approximate surface area is 184 Å². The lowest BCUT2D eigenvalue weighted by Gasteiger charge is -2.15. The summed E-state index contributed by atoms with van der Waals surface area (Å²) in [6.45, 7) is 4.42. The van der Waals surface area contributed by atoms with Crippen molar-refractivity contribution < 1.29 is 0 Å². The van der Waals surface area contributed by atoms with Crippen molar-refractivity contribution in [3.63, 3.8) is 0 Å². The van der Waals surface area contributed by atoms with Crippen molar-refractivity contribution in [1.82, 2.24) is 34.5 Å². The molecule has 1 aliphatic heterocycles. The van der Waals surface area contributed by atoms with Gasteiger partial charge in [-0.25, -0.2) is 15.4 Å². The Morgan fingerprint density at radius 3 is 2.90 bits per heavy atom. The summed E-state index contributed by atoms with van der Waals surface area (Å²) in [6.07, 6.45) is 5.87. The number of benzene rings is 1. The summed E-state index contributed by atoms with van der Waals surface area (Å²) in [5.41, 5.74) is 12.4. The van der Waals surface area contributed by atoms with Crippen LogP contribution < -0.4 is 16.2 Å². The van der Waals surface area contributed by atoms with E-state index in [-0.39, 0.29) is 0 Å². The quantitative estimate of drug-likeness (QED) is 0.413. The summed E-state index contributed by atoms with van der Waals surface area (Å²) >= 11 is 1.44. The van der Waals surface area contributed by atoms with Crippen LogP contribution in [0.1, 0.15) is 22.6 Å². The molecule has 8 nitrogen and oxygen atoms in total. The predicted octanol–water partition coefficient (Wildman–Crippen LogP) is 3.32. The second kappa shape index (κ2) is 8.46. The van der Waals surface area contributed by atoms with Gasteiger partial charge in [-0.2, -0.15) is 4.37 Å². The van der Waals surface area contributed by atoms with E-state index in [1.807, 2.05) is 31.6 Å². The fourth-order valence-corrected chi connectivity index (χ4v) is 4.38. The van der Waals surface area contributed by atoms with Crippen molar-refractivity contribution in [2.24, 2.45) is 0 Å². The highest BCUT2D eigenvalue weighted by Gasteiger charge is 2.16. The van der Waals surface area contributed by atoms with E-state index in [9.17, 15) is 0 Å². The summed E-state index contributed by atoms with van der Waals surface area (Å²) < 4.78 is 6.71. The topological polar surface area (TPSA) is 82.4 Å². The molecule has 1 aliphatic rings. The Kier molecular flexibility index (Phi) is 5.37. The van der Waals surface area contributed by atoms with Crippen molar-refractivity contribution in [1.29, 1.82) is 0 Å². The molecular formula is C22H24N8S. The van der Waals surface area contributed by atoms with Gasteiger partial charge in [0.15, 0.2) is 11.5 Å². The first-order valence-corrected chi connectivity index (χ1v) is 10.9. The van der Waals surface area contributed by atoms with Crippen LogP contribution in [-0.4, -0.2) is 37.2 Å². The molecule has 31 heavy (non-hydrogen) atoms. The molecule has 5 rings (SSSR count). The zero-order valence-electron chi connectivity index (χ0n) is 17.5. The van der Waals surface area contributed by atoms with E-state index in [2.05, 4.69) is 77.2 Å². The number of hydrogen-bond donors (Lipinski definition) is 3. The van der Waals surface area contributed by atoms with E-state index in [4.69, 9.17) is 0 Å². The molecule has 0 atom stereocenters. The maximum absolute atomic E-state index is 4.69. The normalized spacial score (nSPS) is 13.6. The number of imidazole rings is 1. The van der Waals surface area contributed by atoms with E-state index in [0.717, 1.165) is 58.8 Å². The average Bonchev–Trinajstić information content (AvgIpc) is 3.49. The van der Waals surface area contributed by atoms with Gasteiger partial charge in [0.1, 0.15) is 5.00 Å². The number of rotatable bonds is 7. The van der Waals surface area contributed by atoms with E-state index in [0.29, 0.717) is 0 Å². The molecule has 4 heterocycles. The van der Waals surface area contributed by atoms with Gasteiger partial charge in [-0.3, -0.25) is 9.30 Å². The fourth-order valence-electron chi connectivity index (χ4n) is 3.72. The van der Waals surface area contributed by atoms with Crippen LogP contribution in [-0.2, 0) is 13.1 Å². The number of fused-ring (bicyclic) bond motifs is 1. The van der Waals surface area contributed by atoms with Crippen molar-refractivity contribution in [3.05, 3.63) is 77.6 Å². The molecule has 3 aromatic heterocycles. The third-order valence-electron chi connectivity index (χ3n) is 5.10. The number of nitrogens with zero attached hydrogens (tertiary/aromatic N) is 5. The third-order valence-corrected chi connectivity index (χ3v) is 5.84. The van der Waals surface area contributed by atoms with Crippen LogP contribution in [0.5, 0.6) is 0 Å². The minimum Gasteiger partial charge on any atom is -0.328 e. The molecule has 0 amide bonds. The van der Waals surface area contributed by atoms with Crippen molar-refractivity contribution in [2.45, 2.75) is 20.0 Å². The smallest absolute Gasteiger partial charge is 0.180 e. The first-order chi connectivity index (χ1) is 15.2. The molecule has 1 aromatic carbocycles. The standard InChI is InChI=1S/C22H24N8S/c1-15-12-30-19(17-9-24-25-10-17)11-23-22(30)21(26-15)27-20-8-18(28-31-20)14-29(2)13-16-6-4-3-5-7-16/h3-9,11-12,24-25H,10,13-14H2,1-2H3,(H,26,27). The van der Waals surface area contributed by atoms with Crippen molar-refractivity contribution in [3.8, 4) is 0 Å². The maximum Gasteiger partial charge on any atom is 0.180 e. The van der Waals surface area contributed by atoms with E-state index < -0.39 is 0 Å². The number of hydrogen-bond acceptors (Lipinski definition) is 8. The second-order valence-electron chi connectivity index (χ2n) is 7.70. The Bertz CT molecular complexity index is 1230. The van der Waals surface area contributed by atoms with Gasteiger partial charge in [-0.1, -0.05) is 30.3 Å². The van der Waals surface area contributed by atoms with E-state index in [1.54, 1.807) is 0 Å². The molecule has 0 saturated heterocycles. The molecule has 0 fully saturated rings. The number of aromatic nitrogens is 4. The summed E-state index contributed by atoms with van der Waals surface area (Å²) in [7, 11) is 2.11. The van der Waals surface area contributed by atoms with Crippen LogP contribution in [0.25, 0.3) is 11.2 Å². The largest absolute Gasteiger partial charge is 0.328 e. The summed E-state index contributed by atoms with van der Waals surface area (Å²) in [6, 6.07) is 12.6. The molecular weight excluding hydrogens is 408 g/mol. The maximum atomic E-state index is 4.69. The van der Waals surface area contributed by atoms with Crippen molar-refractivity contribution in [2.75, 3.05) is 18.9 Å². The number of aryl methyl sites for hydroxylation is 1. The Morgan fingerprint density at radius 2 is 2.10 bits per heavy atom. The fraction of sp³-hybridized carbons (Fsp3) is 0.227. The molecule has 0 spiro atoms. The van der Waals surface area contributed by atoms with Gasteiger partial charge in [0.25, 0.3) is 0 Å². The van der Waals surface area contributed by atoms with Gasteiger partial charge in [0.2, 0.25) is 0 Å². The van der Waals surface area contributed by atoms with E-state index >= 15 is 0 Å². The molecule has 3 N–H and O–H groups in total. The molecule has 158 valence electrons. The lowest BCUT2D eigenvalue weighted by molar-refractivity contribution is 0.316. The van der Waals surface area contributed by atoms with Crippen LogP contribution >= 0.6 is 11.5 Å². The van der Waals surface area contributed by atoms with Gasteiger partial charge in [0.05, 0.1) is 23.3 Å². The van der Waals surface area contributed by atoms with Crippen LogP contribution in [0, 0.1) is 6.92 Å². The molecule has 9 heteroatoms. The highest BCUT2D eigenvalue weighted by molar-refractivity contribution is 7.10. The Hall–Kier alpha value is -3.27. The van der Waals surface area contributed by atoms with Crippen LogP contribution in [0.4, 0.5) is 10.8 Å². The zero-order chi connectivity index (χ0) is 21.2. The second-order valence-corrected chi connectivity index (χ2v) is 8.51. The van der Waals surface area contributed by atoms with Gasteiger partial charge >= 0.3 is 0 Å². The predicted molar refractivity (Wildman–Crippen MR) is 124 cm³/mol. The number of hydrazine groups is 1.